The third kappa shape index (κ3) is 5.32. The van der Waals surface area contributed by atoms with E-state index < -0.39 is 0 Å². The molecule has 7 nitrogen and oxygen atoms in total. The summed E-state index contributed by atoms with van der Waals surface area (Å²) in [6.07, 6.45) is 5.71. The molecule has 1 aliphatic carbocycles. The largest absolute Gasteiger partial charge is 0.495 e. The maximum absolute atomic E-state index is 12.6. The molecule has 0 bridgehead atoms. The van der Waals surface area contributed by atoms with Gasteiger partial charge in [-0.05, 0) is 62.4 Å². The predicted octanol–water partition coefficient (Wildman–Crippen LogP) is 4.54. The van der Waals surface area contributed by atoms with Crippen LogP contribution in [-0.2, 0) is 24.2 Å². The number of anilines is 1. The first-order valence-corrected chi connectivity index (χ1v) is 11.6. The smallest absolute Gasteiger partial charge is 0.257 e. The molecular weight excluding hydrogens is 412 g/mol. The molecule has 0 saturated heterocycles. The van der Waals surface area contributed by atoms with E-state index in [0.717, 1.165) is 30.7 Å². The van der Waals surface area contributed by atoms with Gasteiger partial charge in [0.25, 0.3) is 5.89 Å². The van der Waals surface area contributed by atoms with E-state index in [9.17, 15) is 4.79 Å². The second-order valence-electron chi connectivity index (χ2n) is 7.73. The van der Waals surface area contributed by atoms with Crippen molar-refractivity contribution >= 4 is 22.9 Å². The van der Waals surface area contributed by atoms with Crippen molar-refractivity contribution < 1.29 is 13.9 Å². The van der Waals surface area contributed by atoms with Crippen molar-refractivity contribution in [1.29, 1.82) is 0 Å². The number of thiophene rings is 1. The van der Waals surface area contributed by atoms with E-state index in [4.69, 9.17) is 9.15 Å². The van der Waals surface area contributed by atoms with Gasteiger partial charge in [-0.2, -0.15) is 0 Å². The van der Waals surface area contributed by atoms with Crippen molar-refractivity contribution in [3.63, 3.8) is 0 Å². The monoisotopic (exact) mass is 440 g/mol. The highest BCUT2D eigenvalue weighted by Gasteiger charge is 2.19. The standard InChI is InChI=1S/C23H28N4O3S/c1-3-12-27(14-21(28)24-17-9-5-6-10-18(17)29-2)15-22-25-26-23(30-22)20-13-16-8-4-7-11-19(16)31-20/h5-6,9-10,13H,3-4,7-8,11-12,14-15H2,1-2H3,(H,24,28). The highest BCUT2D eigenvalue weighted by molar-refractivity contribution is 7.15. The number of carbonyl (C=O) groups is 1. The molecule has 2 aromatic heterocycles. The van der Waals surface area contributed by atoms with Gasteiger partial charge in [0, 0.05) is 4.88 Å². The molecule has 0 radical (unpaired) electrons. The van der Waals surface area contributed by atoms with E-state index >= 15 is 0 Å². The first-order valence-electron chi connectivity index (χ1n) is 10.8. The van der Waals surface area contributed by atoms with E-state index in [-0.39, 0.29) is 12.5 Å². The molecule has 0 fully saturated rings. The van der Waals surface area contributed by atoms with Gasteiger partial charge in [-0.25, -0.2) is 0 Å². The summed E-state index contributed by atoms with van der Waals surface area (Å²) in [6.45, 7) is 3.51. The number of aromatic nitrogens is 2. The van der Waals surface area contributed by atoms with Crippen LogP contribution in [0, 0.1) is 0 Å². The lowest BCUT2D eigenvalue weighted by Crippen LogP contribution is -2.33. The first-order chi connectivity index (χ1) is 15.2. The lowest BCUT2D eigenvalue weighted by Gasteiger charge is -2.19. The summed E-state index contributed by atoms with van der Waals surface area (Å²) in [7, 11) is 1.59. The Balaban J connectivity index is 1.40. The van der Waals surface area contributed by atoms with Crippen LogP contribution in [0.15, 0.2) is 34.7 Å². The number of fused-ring (bicyclic) bond motifs is 1. The molecule has 31 heavy (non-hydrogen) atoms. The van der Waals surface area contributed by atoms with Crippen LogP contribution in [0.1, 0.15) is 42.5 Å². The van der Waals surface area contributed by atoms with Gasteiger partial charge in [0.15, 0.2) is 0 Å². The summed E-state index contributed by atoms with van der Waals surface area (Å²) < 4.78 is 11.3. The molecule has 1 amide bonds. The van der Waals surface area contributed by atoms with Gasteiger partial charge >= 0.3 is 0 Å². The zero-order valence-corrected chi connectivity index (χ0v) is 18.8. The van der Waals surface area contributed by atoms with E-state index in [2.05, 4.69) is 28.5 Å². The van der Waals surface area contributed by atoms with Crippen molar-refractivity contribution in [3.8, 4) is 16.5 Å². The Hall–Kier alpha value is -2.71. The summed E-state index contributed by atoms with van der Waals surface area (Å²) in [4.78, 5) is 17.1. The number of amides is 1. The lowest BCUT2D eigenvalue weighted by molar-refractivity contribution is -0.117. The number of nitrogens with zero attached hydrogens (tertiary/aromatic N) is 3. The second kappa shape index (κ2) is 10.1. The lowest BCUT2D eigenvalue weighted by atomic mass is 9.99. The van der Waals surface area contributed by atoms with Crippen LogP contribution in [0.25, 0.3) is 10.8 Å². The van der Waals surface area contributed by atoms with Crippen LogP contribution < -0.4 is 10.1 Å². The van der Waals surface area contributed by atoms with Gasteiger partial charge in [-0.3, -0.25) is 9.69 Å². The summed E-state index contributed by atoms with van der Waals surface area (Å²) in [5.74, 6) is 1.63. The van der Waals surface area contributed by atoms with Crippen molar-refractivity contribution in [3.05, 3.63) is 46.7 Å². The first kappa shape index (κ1) is 21.5. The number of hydrogen-bond acceptors (Lipinski definition) is 7. The number of nitrogens with one attached hydrogen (secondary N) is 1. The number of rotatable bonds is 9. The summed E-state index contributed by atoms with van der Waals surface area (Å²) >= 11 is 1.76. The van der Waals surface area contributed by atoms with Gasteiger partial charge in [0.1, 0.15) is 5.75 Å². The summed E-state index contributed by atoms with van der Waals surface area (Å²) in [6, 6.07) is 9.58. The molecule has 0 aliphatic heterocycles. The summed E-state index contributed by atoms with van der Waals surface area (Å²) in [5, 5.41) is 11.4. The maximum atomic E-state index is 12.6. The fourth-order valence-electron chi connectivity index (χ4n) is 3.88. The number of aryl methyl sites for hydroxylation is 2. The molecule has 2 heterocycles. The summed E-state index contributed by atoms with van der Waals surface area (Å²) in [5.41, 5.74) is 2.08. The number of hydrogen-bond donors (Lipinski definition) is 1. The normalized spacial score (nSPS) is 13.3. The molecule has 1 aromatic carbocycles. The molecule has 1 aliphatic rings. The number of para-hydroxylation sites is 2. The third-order valence-corrected chi connectivity index (χ3v) is 6.55. The van der Waals surface area contributed by atoms with E-state index in [1.807, 2.05) is 29.2 Å². The van der Waals surface area contributed by atoms with Gasteiger partial charge in [0.2, 0.25) is 11.8 Å². The van der Waals surface area contributed by atoms with Crippen LogP contribution in [0.4, 0.5) is 5.69 Å². The zero-order valence-electron chi connectivity index (χ0n) is 18.0. The minimum atomic E-state index is -0.108. The fraction of sp³-hybridized carbons (Fsp3) is 0.435. The Kier molecular flexibility index (Phi) is 6.99. The number of carbonyl (C=O) groups excluding carboxylic acids is 1. The van der Waals surface area contributed by atoms with Crippen LogP contribution in [0.2, 0.25) is 0 Å². The molecule has 8 heteroatoms. The minimum absolute atomic E-state index is 0.108. The molecule has 4 rings (SSSR count). The van der Waals surface area contributed by atoms with E-state index in [1.54, 1.807) is 18.4 Å². The topological polar surface area (TPSA) is 80.5 Å². The van der Waals surface area contributed by atoms with Crippen LogP contribution in [0.5, 0.6) is 5.75 Å². The second-order valence-corrected chi connectivity index (χ2v) is 8.86. The molecule has 0 atom stereocenters. The molecule has 1 N–H and O–H groups in total. The minimum Gasteiger partial charge on any atom is -0.495 e. The van der Waals surface area contributed by atoms with E-state index in [0.29, 0.717) is 29.8 Å². The maximum Gasteiger partial charge on any atom is 0.257 e. The molecule has 3 aromatic rings. The van der Waals surface area contributed by atoms with Crippen LogP contribution in [0.3, 0.4) is 0 Å². The molecule has 164 valence electrons. The molecule has 0 saturated carbocycles. The number of benzene rings is 1. The zero-order chi connectivity index (χ0) is 21.6. The Morgan fingerprint density at radius 1 is 1.26 bits per heavy atom. The predicted molar refractivity (Wildman–Crippen MR) is 121 cm³/mol. The Labute approximate surface area is 186 Å². The average Bonchev–Trinajstić information content (AvgIpc) is 3.41. The Morgan fingerprint density at radius 2 is 2.10 bits per heavy atom. The van der Waals surface area contributed by atoms with Crippen LogP contribution >= 0.6 is 11.3 Å². The highest BCUT2D eigenvalue weighted by Crippen LogP contribution is 2.35. The number of ether oxygens (including phenoxy) is 1. The van der Waals surface area contributed by atoms with Crippen molar-refractivity contribution in [2.24, 2.45) is 0 Å². The SMILES string of the molecule is CCCN(CC(=O)Nc1ccccc1OC)Cc1nnc(-c2cc3c(s2)CCCC3)o1. The Bertz CT molecular complexity index is 1010. The van der Waals surface area contributed by atoms with Crippen molar-refractivity contribution in [1.82, 2.24) is 15.1 Å². The van der Waals surface area contributed by atoms with Gasteiger partial charge in [0.05, 0.1) is 30.8 Å². The van der Waals surface area contributed by atoms with Crippen LogP contribution in [-0.4, -0.2) is 41.2 Å². The highest BCUT2D eigenvalue weighted by atomic mass is 32.1. The number of methoxy groups -OCH3 is 1. The van der Waals surface area contributed by atoms with Gasteiger partial charge < -0.3 is 14.5 Å². The molecular formula is C23H28N4O3S. The molecule has 0 spiro atoms. The fourth-order valence-corrected chi connectivity index (χ4v) is 5.05. The molecule has 0 unspecified atom stereocenters. The van der Waals surface area contributed by atoms with Crippen molar-refractivity contribution in [2.45, 2.75) is 45.6 Å². The third-order valence-electron chi connectivity index (χ3n) is 5.32. The van der Waals surface area contributed by atoms with E-state index in [1.165, 1.54) is 23.3 Å². The Morgan fingerprint density at radius 3 is 2.90 bits per heavy atom. The van der Waals surface area contributed by atoms with Gasteiger partial charge in [-0.1, -0.05) is 19.1 Å². The van der Waals surface area contributed by atoms with Crippen molar-refractivity contribution in [2.75, 3.05) is 25.5 Å². The van der Waals surface area contributed by atoms with Gasteiger partial charge in [-0.15, -0.1) is 21.5 Å². The quantitative estimate of drug-likeness (QED) is 0.526. The average molecular weight is 441 g/mol.